The molecule has 1 nitrogen and oxygen atoms in total. The molecule has 0 aliphatic heterocycles. The van der Waals surface area contributed by atoms with Crippen LogP contribution in [0.3, 0.4) is 0 Å². The van der Waals surface area contributed by atoms with Crippen molar-refractivity contribution in [2.24, 2.45) is 11.1 Å². The van der Waals surface area contributed by atoms with E-state index in [2.05, 4.69) is 13.2 Å². The Bertz CT molecular complexity index is 119. The molecule has 2 N–H and O–H groups in total. The molecule has 0 aromatic rings. The summed E-state index contributed by atoms with van der Waals surface area (Å²) in [5.74, 6) is 1.30. The van der Waals surface area contributed by atoms with Crippen LogP contribution in [-0.2, 0) is 0 Å². The summed E-state index contributed by atoms with van der Waals surface area (Å²) in [5, 5.41) is 0. The smallest absolute Gasteiger partial charge is 0.00670 e. The average molecular weight is 173 g/mol. The molecule has 0 spiro atoms. The second-order valence-electron chi connectivity index (χ2n) is 3.75. The standard InChI is InChI=1S/C9H19NS/c1-8(10)9(5-6-9)4-3-7-11-2/h8H,3-7,10H2,1-2H3. The first-order valence-electron chi connectivity index (χ1n) is 4.46. The van der Waals surface area contributed by atoms with Crippen molar-refractivity contribution in [2.45, 2.75) is 38.6 Å². The second-order valence-corrected chi connectivity index (χ2v) is 4.73. The van der Waals surface area contributed by atoms with E-state index in [4.69, 9.17) is 5.73 Å². The van der Waals surface area contributed by atoms with Gasteiger partial charge in [0.2, 0.25) is 0 Å². The van der Waals surface area contributed by atoms with E-state index in [1.54, 1.807) is 0 Å². The number of hydrogen-bond donors (Lipinski definition) is 1. The van der Waals surface area contributed by atoms with Crippen molar-refractivity contribution in [3.05, 3.63) is 0 Å². The Balaban J connectivity index is 2.14. The fraction of sp³-hybridized carbons (Fsp3) is 1.00. The first kappa shape index (κ1) is 9.40. The van der Waals surface area contributed by atoms with E-state index < -0.39 is 0 Å². The predicted octanol–water partition coefficient (Wildman–Crippen LogP) is 2.26. The topological polar surface area (TPSA) is 26.0 Å². The molecule has 0 radical (unpaired) electrons. The molecule has 2 heteroatoms. The third-order valence-electron chi connectivity index (χ3n) is 2.88. The first-order valence-corrected chi connectivity index (χ1v) is 5.85. The van der Waals surface area contributed by atoms with Crippen LogP contribution >= 0.6 is 11.8 Å². The molecule has 1 atom stereocenters. The highest BCUT2D eigenvalue weighted by molar-refractivity contribution is 7.98. The Labute approximate surface area is 74.1 Å². The van der Waals surface area contributed by atoms with E-state index in [9.17, 15) is 0 Å². The van der Waals surface area contributed by atoms with Crippen molar-refractivity contribution in [3.8, 4) is 0 Å². The second kappa shape index (κ2) is 3.81. The van der Waals surface area contributed by atoms with Crippen molar-refractivity contribution in [1.82, 2.24) is 0 Å². The highest BCUT2D eigenvalue weighted by Crippen LogP contribution is 2.51. The van der Waals surface area contributed by atoms with Crippen LogP contribution in [0.1, 0.15) is 32.6 Å². The molecule has 0 aromatic heterocycles. The fourth-order valence-corrected chi connectivity index (χ4v) is 2.10. The fourth-order valence-electron chi connectivity index (χ4n) is 1.66. The van der Waals surface area contributed by atoms with Crippen LogP contribution in [-0.4, -0.2) is 18.1 Å². The summed E-state index contributed by atoms with van der Waals surface area (Å²) in [6.45, 7) is 2.16. The van der Waals surface area contributed by atoms with Gasteiger partial charge in [-0.15, -0.1) is 0 Å². The van der Waals surface area contributed by atoms with E-state index in [0.717, 1.165) is 0 Å². The third-order valence-corrected chi connectivity index (χ3v) is 3.58. The van der Waals surface area contributed by atoms with E-state index in [-0.39, 0.29) is 0 Å². The van der Waals surface area contributed by atoms with Gasteiger partial charge in [-0.3, -0.25) is 0 Å². The summed E-state index contributed by atoms with van der Waals surface area (Å²) >= 11 is 1.94. The molecule has 0 amide bonds. The predicted molar refractivity (Wildman–Crippen MR) is 52.9 cm³/mol. The zero-order valence-corrected chi connectivity index (χ0v) is 8.41. The zero-order valence-electron chi connectivity index (χ0n) is 7.60. The normalized spacial score (nSPS) is 23.2. The highest BCUT2D eigenvalue weighted by Gasteiger charge is 2.44. The van der Waals surface area contributed by atoms with Crippen molar-refractivity contribution >= 4 is 11.8 Å². The summed E-state index contributed by atoms with van der Waals surface area (Å²) in [5.41, 5.74) is 6.47. The molecule has 0 saturated heterocycles. The molecule has 1 aliphatic carbocycles. The molecule has 1 saturated carbocycles. The minimum absolute atomic E-state index is 0.421. The Kier molecular flexibility index (Phi) is 3.26. The van der Waals surface area contributed by atoms with E-state index >= 15 is 0 Å². The molecular weight excluding hydrogens is 154 g/mol. The zero-order chi connectivity index (χ0) is 8.32. The van der Waals surface area contributed by atoms with Gasteiger partial charge >= 0.3 is 0 Å². The molecule has 1 rings (SSSR count). The molecule has 1 aliphatic rings. The Morgan fingerprint density at radius 2 is 2.18 bits per heavy atom. The average Bonchev–Trinajstić information content (AvgIpc) is 2.70. The number of rotatable bonds is 5. The maximum atomic E-state index is 5.91. The van der Waals surface area contributed by atoms with Gasteiger partial charge in [0.25, 0.3) is 0 Å². The van der Waals surface area contributed by atoms with Gasteiger partial charge in [-0.05, 0) is 50.0 Å². The van der Waals surface area contributed by atoms with Crippen LogP contribution in [0, 0.1) is 5.41 Å². The minimum Gasteiger partial charge on any atom is -0.327 e. The monoisotopic (exact) mass is 173 g/mol. The van der Waals surface area contributed by atoms with E-state index in [1.165, 1.54) is 31.4 Å². The summed E-state index contributed by atoms with van der Waals surface area (Å²) in [4.78, 5) is 0. The Morgan fingerprint density at radius 1 is 1.55 bits per heavy atom. The number of hydrogen-bond acceptors (Lipinski definition) is 2. The van der Waals surface area contributed by atoms with Gasteiger partial charge in [0, 0.05) is 6.04 Å². The minimum atomic E-state index is 0.421. The van der Waals surface area contributed by atoms with Crippen LogP contribution in [0.4, 0.5) is 0 Å². The van der Waals surface area contributed by atoms with Gasteiger partial charge in [0.15, 0.2) is 0 Å². The van der Waals surface area contributed by atoms with Crippen molar-refractivity contribution in [1.29, 1.82) is 0 Å². The third kappa shape index (κ3) is 2.38. The van der Waals surface area contributed by atoms with Crippen LogP contribution in [0.15, 0.2) is 0 Å². The van der Waals surface area contributed by atoms with Crippen LogP contribution in [0.25, 0.3) is 0 Å². The lowest BCUT2D eigenvalue weighted by atomic mass is 9.93. The Hall–Kier alpha value is 0.310. The molecule has 0 heterocycles. The van der Waals surface area contributed by atoms with E-state index in [0.29, 0.717) is 11.5 Å². The van der Waals surface area contributed by atoms with E-state index in [1.807, 2.05) is 11.8 Å². The maximum Gasteiger partial charge on any atom is 0.00670 e. The molecule has 1 unspecified atom stereocenters. The molecule has 0 bridgehead atoms. The van der Waals surface area contributed by atoms with Gasteiger partial charge in [0.05, 0.1) is 0 Å². The lowest BCUT2D eigenvalue weighted by Gasteiger charge is -2.18. The van der Waals surface area contributed by atoms with Gasteiger partial charge in [0.1, 0.15) is 0 Å². The molecule has 1 fully saturated rings. The maximum absolute atomic E-state index is 5.91. The van der Waals surface area contributed by atoms with Crippen LogP contribution < -0.4 is 5.73 Å². The van der Waals surface area contributed by atoms with Gasteiger partial charge in [-0.1, -0.05) is 0 Å². The van der Waals surface area contributed by atoms with Crippen molar-refractivity contribution in [2.75, 3.05) is 12.0 Å². The lowest BCUT2D eigenvalue weighted by Crippen LogP contribution is -2.28. The van der Waals surface area contributed by atoms with Gasteiger partial charge in [-0.2, -0.15) is 11.8 Å². The van der Waals surface area contributed by atoms with Crippen molar-refractivity contribution < 1.29 is 0 Å². The summed E-state index contributed by atoms with van der Waals surface area (Å²) < 4.78 is 0. The van der Waals surface area contributed by atoms with Gasteiger partial charge in [-0.25, -0.2) is 0 Å². The largest absolute Gasteiger partial charge is 0.327 e. The van der Waals surface area contributed by atoms with Crippen LogP contribution in [0.2, 0.25) is 0 Å². The summed E-state index contributed by atoms with van der Waals surface area (Å²) in [6.07, 6.45) is 7.62. The molecule has 0 aromatic carbocycles. The Morgan fingerprint density at radius 3 is 2.55 bits per heavy atom. The SMILES string of the molecule is CSCCCC1(C(C)N)CC1. The van der Waals surface area contributed by atoms with Gasteiger partial charge < -0.3 is 5.73 Å². The summed E-state index contributed by atoms with van der Waals surface area (Å²) in [7, 11) is 0. The molecule has 66 valence electrons. The number of nitrogens with two attached hydrogens (primary N) is 1. The summed E-state index contributed by atoms with van der Waals surface area (Å²) in [6, 6.07) is 0.421. The highest BCUT2D eigenvalue weighted by atomic mass is 32.2. The first-order chi connectivity index (χ1) is 5.21. The molecular formula is C9H19NS. The lowest BCUT2D eigenvalue weighted by molar-refractivity contribution is 0.387. The molecule has 11 heavy (non-hydrogen) atoms. The van der Waals surface area contributed by atoms with Crippen molar-refractivity contribution in [3.63, 3.8) is 0 Å². The van der Waals surface area contributed by atoms with Crippen LogP contribution in [0.5, 0.6) is 0 Å². The quantitative estimate of drug-likeness (QED) is 0.645. The number of thioether (sulfide) groups is 1.